The molecular weight excluding hydrogens is 175 g/mol. The number of benzene rings is 1. The number of rotatable bonds is 4. The largest absolute Gasteiger partial charge is 0.494 e. The van der Waals surface area contributed by atoms with E-state index in [4.69, 9.17) is 4.74 Å². The lowest BCUT2D eigenvalue weighted by atomic mass is 9.70. The molecule has 0 fully saturated rings. The molecule has 1 aromatic carbocycles. The molecule has 0 saturated heterocycles. The fourth-order valence-corrected chi connectivity index (χ4v) is 1.43. The Hall–Kier alpha value is -0.955. The summed E-state index contributed by atoms with van der Waals surface area (Å²) in [6, 6.07) is 5.78. The van der Waals surface area contributed by atoms with Gasteiger partial charge in [0.05, 0.1) is 12.7 Å². The van der Waals surface area contributed by atoms with Crippen LogP contribution in [-0.4, -0.2) is 19.0 Å². The number of aliphatic hydroxyl groups excluding tert-OH is 1. The summed E-state index contributed by atoms with van der Waals surface area (Å²) < 4.78 is 5.37. The topological polar surface area (TPSA) is 29.5 Å². The van der Waals surface area contributed by atoms with E-state index in [9.17, 15) is 5.11 Å². The standard InChI is InChI=1S/C11H16BO2/c1-4-14-9-5-6-11(12-3)10(7-9)8(2)13/h5-8,13H,4H2,1-3H3. The SMILES string of the molecule is C[B]c1ccc(OCC)cc1C(C)O. The summed E-state index contributed by atoms with van der Waals surface area (Å²) in [5.41, 5.74) is 1.97. The molecule has 1 radical (unpaired) electrons. The third kappa shape index (κ3) is 2.52. The first kappa shape index (κ1) is 11.1. The van der Waals surface area contributed by atoms with Crippen LogP contribution >= 0.6 is 0 Å². The van der Waals surface area contributed by atoms with Crippen LogP contribution < -0.4 is 10.2 Å². The van der Waals surface area contributed by atoms with Crippen molar-refractivity contribution in [2.75, 3.05) is 6.61 Å². The van der Waals surface area contributed by atoms with E-state index in [-0.39, 0.29) is 0 Å². The molecule has 0 bridgehead atoms. The number of ether oxygens (including phenoxy) is 1. The molecule has 1 aromatic rings. The molecule has 0 saturated carbocycles. The van der Waals surface area contributed by atoms with Crippen LogP contribution in [0.1, 0.15) is 25.5 Å². The van der Waals surface area contributed by atoms with E-state index in [2.05, 4.69) is 0 Å². The van der Waals surface area contributed by atoms with Gasteiger partial charge in [-0.2, -0.15) is 0 Å². The Labute approximate surface area is 86.2 Å². The third-order valence-corrected chi connectivity index (χ3v) is 2.13. The van der Waals surface area contributed by atoms with Crippen molar-refractivity contribution in [3.05, 3.63) is 23.8 Å². The van der Waals surface area contributed by atoms with E-state index >= 15 is 0 Å². The average molecular weight is 191 g/mol. The predicted octanol–water partition coefficient (Wildman–Crippen LogP) is 1.52. The zero-order chi connectivity index (χ0) is 10.6. The van der Waals surface area contributed by atoms with Crippen LogP contribution in [0.5, 0.6) is 5.75 Å². The van der Waals surface area contributed by atoms with Crippen LogP contribution in [0, 0.1) is 0 Å². The minimum atomic E-state index is -0.457. The molecule has 3 heteroatoms. The van der Waals surface area contributed by atoms with Crippen molar-refractivity contribution in [2.24, 2.45) is 0 Å². The molecule has 1 N–H and O–H groups in total. The second kappa shape index (κ2) is 5.06. The lowest BCUT2D eigenvalue weighted by Gasteiger charge is -2.12. The van der Waals surface area contributed by atoms with Crippen LogP contribution in [0.3, 0.4) is 0 Å². The molecule has 1 rings (SSSR count). The van der Waals surface area contributed by atoms with Gasteiger partial charge in [0.15, 0.2) is 0 Å². The summed E-state index contributed by atoms with van der Waals surface area (Å²) in [6.45, 7) is 6.32. The van der Waals surface area contributed by atoms with E-state index in [1.807, 2.05) is 39.2 Å². The van der Waals surface area contributed by atoms with E-state index in [1.165, 1.54) is 0 Å². The molecule has 0 spiro atoms. The summed E-state index contributed by atoms with van der Waals surface area (Å²) in [4.78, 5) is 0. The highest BCUT2D eigenvalue weighted by Gasteiger charge is 2.08. The van der Waals surface area contributed by atoms with Gasteiger partial charge in [-0.3, -0.25) is 0 Å². The van der Waals surface area contributed by atoms with Gasteiger partial charge in [0.1, 0.15) is 13.0 Å². The monoisotopic (exact) mass is 191 g/mol. The van der Waals surface area contributed by atoms with Gasteiger partial charge in [0.2, 0.25) is 0 Å². The molecule has 2 nitrogen and oxygen atoms in total. The zero-order valence-electron chi connectivity index (χ0n) is 8.95. The van der Waals surface area contributed by atoms with Crippen LogP contribution in [0.4, 0.5) is 0 Å². The minimum Gasteiger partial charge on any atom is -0.494 e. The van der Waals surface area contributed by atoms with Gasteiger partial charge >= 0.3 is 0 Å². The van der Waals surface area contributed by atoms with Crippen molar-refractivity contribution < 1.29 is 9.84 Å². The fraction of sp³-hybridized carbons (Fsp3) is 0.455. The molecule has 75 valence electrons. The van der Waals surface area contributed by atoms with Crippen LogP contribution in [0.2, 0.25) is 6.82 Å². The van der Waals surface area contributed by atoms with Crippen molar-refractivity contribution in [2.45, 2.75) is 26.8 Å². The zero-order valence-corrected chi connectivity index (χ0v) is 8.95. The predicted molar refractivity (Wildman–Crippen MR) is 59.5 cm³/mol. The Kier molecular flexibility index (Phi) is 4.02. The number of hydrogen-bond donors (Lipinski definition) is 1. The van der Waals surface area contributed by atoms with Crippen molar-refractivity contribution in [1.29, 1.82) is 0 Å². The first-order chi connectivity index (χ1) is 6.69. The van der Waals surface area contributed by atoms with Crippen LogP contribution in [0.15, 0.2) is 18.2 Å². The molecular formula is C11H16BO2. The molecule has 0 aromatic heterocycles. The van der Waals surface area contributed by atoms with E-state index in [0.717, 1.165) is 16.8 Å². The maximum absolute atomic E-state index is 9.55. The second-order valence-electron chi connectivity index (χ2n) is 3.19. The van der Waals surface area contributed by atoms with Crippen molar-refractivity contribution >= 4 is 12.7 Å². The third-order valence-electron chi connectivity index (χ3n) is 2.13. The van der Waals surface area contributed by atoms with Crippen molar-refractivity contribution in [3.8, 4) is 5.75 Å². The molecule has 0 amide bonds. The minimum absolute atomic E-state index is 0.457. The average Bonchev–Trinajstić information content (AvgIpc) is 2.18. The highest BCUT2D eigenvalue weighted by Crippen LogP contribution is 2.17. The van der Waals surface area contributed by atoms with Crippen molar-refractivity contribution in [1.82, 2.24) is 0 Å². The van der Waals surface area contributed by atoms with Gasteiger partial charge in [-0.1, -0.05) is 18.4 Å². The Bertz CT molecular complexity index is 297. The summed E-state index contributed by atoms with van der Waals surface area (Å²) in [5.74, 6) is 0.814. The molecule has 0 aliphatic rings. The fourth-order valence-electron chi connectivity index (χ4n) is 1.43. The quantitative estimate of drug-likeness (QED) is 0.731. The number of aliphatic hydroxyl groups is 1. The van der Waals surface area contributed by atoms with E-state index < -0.39 is 6.10 Å². The normalized spacial score (nSPS) is 12.3. The molecule has 1 atom stereocenters. The van der Waals surface area contributed by atoms with Gasteiger partial charge < -0.3 is 9.84 Å². The van der Waals surface area contributed by atoms with E-state index in [0.29, 0.717) is 6.61 Å². The smallest absolute Gasteiger partial charge is 0.148 e. The Balaban J connectivity index is 3.01. The molecule has 14 heavy (non-hydrogen) atoms. The maximum Gasteiger partial charge on any atom is 0.148 e. The Morgan fingerprint density at radius 3 is 2.71 bits per heavy atom. The van der Waals surface area contributed by atoms with Gasteiger partial charge in [0.25, 0.3) is 0 Å². The van der Waals surface area contributed by atoms with Gasteiger partial charge in [-0.25, -0.2) is 0 Å². The maximum atomic E-state index is 9.55. The number of hydrogen-bond acceptors (Lipinski definition) is 2. The second-order valence-corrected chi connectivity index (χ2v) is 3.19. The molecule has 0 aliphatic carbocycles. The summed E-state index contributed by atoms with van der Waals surface area (Å²) in [7, 11) is 1.98. The van der Waals surface area contributed by atoms with Gasteiger partial charge in [-0.15, -0.1) is 0 Å². The Morgan fingerprint density at radius 1 is 1.50 bits per heavy atom. The molecule has 0 heterocycles. The van der Waals surface area contributed by atoms with Gasteiger partial charge in [-0.05, 0) is 31.5 Å². The molecule has 1 unspecified atom stereocenters. The summed E-state index contributed by atoms with van der Waals surface area (Å²) in [6.07, 6.45) is -0.457. The lowest BCUT2D eigenvalue weighted by Crippen LogP contribution is -2.18. The highest BCUT2D eigenvalue weighted by molar-refractivity contribution is 6.52. The van der Waals surface area contributed by atoms with Gasteiger partial charge in [0, 0.05) is 0 Å². The first-order valence-electron chi connectivity index (χ1n) is 4.93. The molecule has 0 aliphatic heterocycles. The van der Waals surface area contributed by atoms with Crippen molar-refractivity contribution in [3.63, 3.8) is 0 Å². The van der Waals surface area contributed by atoms with E-state index in [1.54, 1.807) is 6.92 Å². The highest BCUT2D eigenvalue weighted by atomic mass is 16.5. The van der Waals surface area contributed by atoms with Crippen LogP contribution in [0.25, 0.3) is 0 Å². The lowest BCUT2D eigenvalue weighted by molar-refractivity contribution is 0.199. The summed E-state index contributed by atoms with van der Waals surface area (Å²) >= 11 is 0. The van der Waals surface area contributed by atoms with Crippen LogP contribution in [-0.2, 0) is 0 Å². The first-order valence-corrected chi connectivity index (χ1v) is 4.93. The summed E-state index contributed by atoms with van der Waals surface area (Å²) in [5, 5.41) is 9.55. The Morgan fingerprint density at radius 2 is 2.21 bits per heavy atom.